The Hall–Kier alpha value is -0.730. The molecule has 1 aliphatic rings. The third-order valence-corrected chi connectivity index (χ3v) is 2.57. The first-order valence-corrected chi connectivity index (χ1v) is 4.52. The molecule has 4 heteroatoms. The van der Waals surface area contributed by atoms with E-state index in [2.05, 4.69) is 10.0 Å². The Labute approximate surface area is 72.2 Å². The molecule has 4 nitrogen and oxygen atoms in total. The largest absolute Gasteiger partial charge is 0.396 e. The number of rotatable bonds is 3. The van der Waals surface area contributed by atoms with Gasteiger partial charge < -0.3 is 5.11 Å². The minimum absolute atomic E-state index is 0.213. The zero-order chi connectivity index (χ0) is 8.81. The highest BCUT2D eigenvalue weighted by molar-refractivity contribution is 4.76. The summed E-state index contributed by atoms with van der Waals surface area (Å²) in [5.74, 6) is 0.653. The molecule has 0 saturated heterocycles. The number of nitrogens with zero attached hydrogens (tertiary/aromatic N) is 3. The summed E-state index contributed by atoms with van der Waals surface area (Å²) in [5, 5.41) is 12.4. The quantitative estimate of drug-likeness (QED) is 0.393. The molecule has 0 aromatic carbocycles. The van der Waals surface area contributed by atoms with Gasteiger partial charge in [0.25, 0.3) is 0 Å². The van der Waals surface area contributed by atoms with Crippen molar-refractivity contribution in [2.24, 2.45) is 11.0 Å². The maximum atomic E-state index is 8.71. The molecular formula is C8H15N3O. The SMILES string of the molecule is [N-]=[N+]=N[C@H]1CC[C@@H](CCO)CC1. The molecule has 1 aliphatic carbocycles. The summed E-state index contributed by atoms with van der Waals surface area (Å²) in [7, 11) is 0. The first-order valence-electron chi connectivity index (χ1n) is 4.52. The van der Waals surface area contributed by atoms with Crippen molar-refractivity contribution < 1.29 is 5.11 Å². The van der Waals surface area contributed by atoms with Crippen LogP contribution in [0.25, 0.3) is 10.4 Å². The standard InChI is InChI=1S/C8H15N3O/c9-11-10-8-3-1-7(2-4-8)5-6-12/h7-8,12H,1-6H2/t7-,8+. The molecule has 12 heavy (non-hydrogen) atoms. The van der Waals surface area contributed by atoms with Gasteiger partial charge in [0.05, 0.1) is 0 Å². The predicted octanol–water partition coefficient (Wildman–Crippen LogP) is 2.24. The zero-order valence-corrected chi connectivity index (χ0v) is 7.19. The predicted molar refractivity (Wildman–Crippen MR) is 46.6 cm³/mol. The van der Waals surface area contributed by atoms with Crippen LogP contribution in [0.1, 0.15) is 32.1 Å². The van der Waals surface area contributed by atoms with E-state index >= 15 is 0 Å². The highest BCUT2D eigenvalue weighted by Gasteiger charge is 2.19. The summed E-state index contributed by atoms with van der Waals surface area (Å²) < 4.78 is 0. The Morgan fingerprint density at radius 1 is 1.33 bits per heavy atom. The molecule has 1 saturated carbocycles. The van der Waals surface area contributed by atoms with Crippen molar-refractivity contribution in [2.75, 3.05) is 6.61 Å². The average molecular weight is 169 g/mol. The topological polar surface area (TPSA) is 69.0 Å². The van der Waals surface area contributed by atoms with Gasteiger partial charge in [0, 0.05) is 17.6 Å². The number of azide groups is 1. The smallest absolute Gasteiger partial charge is 0.0433 e. The Bertz CT molecular complexity index is 169. The molecular weight excluding hydrogens is 154 g/mol. The second-order valence-electron chi connectivity index (χ2n) is 3.39. The zero-order valence-electron chi connectivity index (χ0n) is 7.19. The van der Waals surface area contributed by atoms with E-state index in [1.165, 1.54) is 0 Å². The summed E-state index contributed by atoms with van der Waals surface area (Å²) in [6.07, 6.45) is 5.10. The Balaban J connectivity index is 2.24. The molecule has 0 unspecified atom stereocenters. The summed E-state index contributed by atoms with van der Waals surface area (Å²) >= 11 is 0. The minimum atomic E-state index is 0.213. The van der Waals surface area contributed by atoms with Crippen molar-refractivity contribution in [3.05, 3.63) is 10.4 Å². The van der Waals surface area contributed by atoms with Crippen LogP contribution in [0, 0.1) is 5.92 Å². The van der Waals surface area contributed by atoms with Crippen molar-refractivity contribution in [3.63, 3.8) is 0 Å². The van der Waals surface area contributed by atoms with Crippen LogP contribution in [0.3, 0.4) is 0 Å². The molecule has 1 rings (SSSR count). The molecule has 0 spiro atoms. The van der Waals surface area contributed by atoms with Gasteiger partial charge in [-0.15, -0.1) is 0 Å². The fraction of sp³-hybridized carbons (Fsp3) is 1.00. The minimum Gasteiger partial charge on any atom is -0.396 e. The molecule has 0 bridgehead atoms. The van der Waals surface area contributed by atoms with Crippen molar-refractivity contribution in [2.45, 2.75) is 38.1 Å². The highest BCUT2D eigenvalue weighted by atomic mass is 16.3. The fourth-order valence-corrected chi connectivity index (χ4v) is 1.80. The number of hydrogen-bond acceptors (Lipinski definition) is 2. The van der Waals surface area contributed by atoms with E-state index in [-0.39, 0.29) is 12.6 Å². The first-order chi connectivity index (χ1) is 5.86. The van der Waals surface area contributed by atoms with E-state index < -0.39 is 0 Å². The van der Waals surface area contributed by atoms with Gasteiger partial charge in [-0.3, -0.25) is 0 Å². The van der Waals surface area contributed by atoms with Gasteiger partial charge in [0.2, 0.25) is 0 Å². The maximum absolute atomic E-state index is 8.71. The van der Waals surface area contributed by atoms with Crippen LogP contribution in [0.2, 0.25) is 0 Å². The highest BCUT2D eigenvalue weighted by Crippen LogP contribution is 2.28. The van der Waals surface area contributed by atoms with Crippen molar-refractivity contribution in [1.82, 2.24) is 0 Å². The lowest BCUT2D eigenvalue weighted by atomic mass is 9.85. The van der Waals surface area contributed by atoms with Crippen LogP contribution in [0.15, 0.2) is 5.11 Å². The van der Waals surface area contributed by atoms with Crippen molar-refractivity contribution in [3.8, 4) is 0 Å². The summed E-state index contributed by atoms with van der Waals surface area (Å²) in [6.45, 7) is 0.289. The monoisotopic (exact) mass is 169 g/mol. The number of hydrogen-bond donors (Lipinski definition) is 1. The van der Waals surface area contributed by atoms with E-state index in [4.69, 9.17) is 10.6 Å². The molecule has 0 aromatic rings. The Morgan fingerprint density at radius 3 is 2.50 bits per heavy atom. The van der Waals surface area contributed by atoms with Gasteiger partial charge in [-0.1, -0.05) is 5.11 Å². The average Bonchev–Trinajstić information content (AvgIpc) is 2.09. The van der Waals surface area contributed by atoms with E-state index in [9.17, 15) is 0 Å². The van der Waals surface area contributed by atoms with Gasteiger partial charge >= 0.3 is 0 Å². The summed E-state index contributed by atoms with van der Waals surface area (Å²) in [4.78, 5) is 2.81. The van der Waals surface area contributed by atoms with Crippen molar-refractivity contribution in [1.29, 1.82) is 0 Å². The Morgan fingerprint density at radius 2 is 2.00 bits per heavy atom. The van der Waals surface area contributed by atoms with Gasteiger partial charge in [0.15, 0.2) is 0 Å². The van der Waals surface area contributed by atoms with Crippen LogP contribution in [-0.2, 0) is 0 Å². The first kappa shape index (κ1) is 9.36. The molecule has 0 amide bonds. The molecule has 68 valence electrons. The Kier molecular flexibility index (Phi) is 3.91. The van der Waals surface area contributed by atoms with Crippen LogP contribution >= 0.6 is 0 Å². The molecule has 1 N–H and O–H groups in total. The van der Waals surface area contributed by atoms with Crippen LogP contribution < -0.4 is 0 Å². The number of aliphatic hydroxyl groups is 1. The third-order valence-electron chi connectivity index (χ3n) is 2.57. The summed E-state index contributed by atoms with van der Waals surface area (Å²) in [6, 6.07) is 0.213. The number of aliphatic hydroxyl groups excluding tert-OH is 1. The molecule has 0 heterocycles. The summed E-state index contributed by atoms with van der Waals surface area (Å²) in [5.41, 5.74) is 8.21. The van der Waals surface area contributed by atoms with Crippen molar-refractivity contribution >= 4 is 0 Å². The second-order valence-corrected chi connectivity index (χ2v) is 3.39. The van der Waals surface area contributed by atoms with Gasteiger partial charge in [-0.2, -0.15) is 0 Å². The van der Waals surface area contributed by atoms with Gasteiger partial charge in [0.1, 0.15) is 0 Å². The fourth-order valence-electron chi connectivity index (χ4n) is 1.80. The molecule has 0 aromatic heterocycles. The molecule has 1 fully saturated rings. The van der Waals surface area contributed by atoms with Crippen LogP contribution in [0.4, 0.5) is 0 Å². The molecule has 0 radical (unpaired) electrons. The van der Waals surface area contributed by atoms with Gasteiger partial charge in [-0.05, 0) is 43.6 Å². The lowest BCUT2D eigenvalue weighted by Crippen LogP contribution is -2.17. The second kappa shape index (κ2) is 5.01. The molecule has 0 aliphatic heterocycles. The molecule has 0 atom stereocenters. The maximum Gasteiger partial charge on any atom is 0.0433 e. The van der Waals surface area contributed by atoms with E-state index in [0.29, 0.717) is 5.92 Å². The van der Waals surface area contributed by atoms with E-state index in [1.807, 2.05) is 0 Å². The lowest BCUT2D eigenvalue weighted by molar-refractivity contribution is 0.223. The normalized spacial score (nSPS) is 29.4. The van der Waals surface area contributed by atoms with Crippen LogP contribution in [0.5, 0.6) is 0 Å². The van der Waals surface area contributed by atoms with Gasteiger partial charge in [-0.25, -0.2) is 0 Å². The van der Waals surface area contributed by atoms with E-state index in [1.54, 1.807) is 0 Å². The van der Waals surface area contributed by atoms with E-state index in [0.717, 1.165) is 32.1 Å². The third kappa shape index (κ3) is 2.72. The lowest BCUT2D eigenvalue weighted by Gasteiger charge is -2.24. The van der Waals surface area contributed by atoms with Crippen LogP contribution in [-0.4, -0.2) is 17.8 Å².